The predicted molar refractivity (Wildman–Crippen MR) is 131 cm³/mol. The fourth-order valence-electron chi connectivity index (χ4n) is 4.07. The van der Waals surface area contributed by atoms with Crippen molar-refractivity contribution in [2.24, 2.45) is 10.8 Å². The van der Waals surface area contributed by atoms with E-state index in [0.29, 0.717) is 13.1 Å². The van der Waals surface area contributed by atoms with Crippen molar-refractivity contribution in [1.82, 2.24) is 14.9 Å². The average molecular weight is 453 g/mol. The standard InChI is InChI=1S/C26H24N6O2/c27-25(33)24-14-22(30-32(24)20-6-2-1-3-7-20)26(34)28-15-18-10-12-19(13-11-18)16-31-17-29-21-8-4-5-9-23(21)31/h1-13,17,24H,14-16H2,(H2,27,33)(H,28,34). The van der Waals surface area contributed by atoms with Crippen molar-refractivity contribution in [3.05, 3.63) is 96.3 Å². The first-order valence-corrected chi connectivity index (χ1v) is 11.1. The van der Waals surface area contributed by atoms with Gasteiger partial charge in [0.1, 0.15) is 11.8 Å². The van der Waals surface area contributed by atoms with Crippen LogP contribution in [0.4, 0.5) is 5.69 Å². The minimum Gasteiger partial charge on any atom is -0.368 e. The van der Waals surface area contributed by atoms with Gasteiger partial charge >= 0.3 is 0 Å². The Kier molecular flexibility index (Phi) is 5.78. The molecule has 3 aromatic carbocycles. The molecule has 34 heavy (non-hydrogen) atoms. The topological polar surface area (TPSA) is 106 Å². The quantitative estimate of drug-likeness (QED) is 0.450. The Labute approximate surface area is 196 Å². The Morgan fingerprint density at radius 2 is 1.65 bits per heavy atom. The third-order valence-electron chi connectivity index (χ3n) is 5.88. The zero-order chi connectivity index (χ0) is 23.5. The number of anilines is 1. The van der Waals surface area contributed by atoms with Crippen molar-refractivity contribution in [3.63, 3.8) is 0 Å². The predicted octanol–water partition coefficient (Wildman–Crippen LogP) is 2.82. The lowest BCUT2D eigenvalue weighted by Crippen LogP contribution is -2.39. The molecule has 8 nitrogen and oxygen atoms in total. The van der Waals surface area contributed by atoms with Gasteiger partial charge in [-0.2, -0.15) is 5.10 Å². The molecule has 0 saturated carbocycles. The molecule has 1 aliphatic rings. The van der Waals surface area contributed by atoms with Crippen molar-refractivity contribution in [3.8, 4) is 0 Å². The summed E-state index contributed by atoms with van der Waals surface area (Å²) in [7, 11) is 0. The van der Waals surface area contributed by atoms with Gasteiger partial charge in [0.25, 0.3) is 5.91 Å². The van der Waals surface area contributed by atoms with Crippen LogP contribution in [0.1, 0.15) is 17.5 Å². The monoisotopic (exact) mass is 452 g/mol. The van der Waals surface area contributed by atoms with Crippen LogP contribution in [0.25, 0.3) is 11.0 Å². The molecule has 1 aliphatic heterocycles. The molecule has 4 aromatic rings. The second-order valence-corrected chi connectivity index (χ2v) is 8.21. The van der Waals surface area contributed by atoms with Crippen LogP contribution in [-0.2, 0) is 22.7 Å². The van der Waals surface area contributed by atoms with E-state index in [2.05, 4.69) is 26.0 Å². The van der Waals surface area contributed by atoms with Crippen LogP contribution in [0.5, 0.6) is 0 Å². The molecule has 1 aromatic heterocycles. The van der Waals surface area contributed by atoms with Gasteiger partial charge in [-0.3, -0.25) is 14.6 Å². The van der Waals surface area contributed by atoms with Crippen molar-refractivity contribution in [2.45, 2.75) is 25.6 Å². The van der Waals surface area contributed by atoms with Crippen molar-refractivity contribution >= 4 is 34.2 Å². The second kappa shape index (κ2) is 9.19. The largest absolute Gasteiger partial charge is 0.368 e. The lowest BCUT2D eigenvalue weighted by molar-refractivity contribution is -0.119. The molecule has 0 aliphatic carbocycles. The number of nitrogens with one attached hydrogen (secondary N) is 1. The smallest absolute Gasteiger partial charge is 0.267 e. The minimum atomic E-state index is -0.679. The molecule has 170 valence electrons. The number of hydrazone groups is 1. The lowest BCUT2D eigenvalue weighted by atomic mass is 10.1. The number of nitrogens with zero attached hydrogens (tertiary/aromatic N) is 4. The minimum absolute atomic E-state index is 0.174. The summed E-state index contributed by atoms with van der Waals surface area (Å²) in [4.78, 5) is 29.1. The van der Waals surface area contributed by atoms with Crippen LogP contribution in [-0.4, -0.2) is 33.1 Å². The Hall–Kier alpha value is -4.46. The van der Waals surface area contributed by atoms with E-state index in [1.165, 1.54) is 5.01 Å². The zero-order valence-electron chi connectivity index (χ0n) is 18.5. The maximum atomic E-state index is 12.7. The number of carbonyl (C=O) groups excluding carboxylic acids is 2. The Morgan fingerprint density at radius 1 is 0.941 bits per heavy atom. The van der Waals surface area contributed by atoms with E-state index < -0.39 is 11.9 Å². The molecule has 2 heterocycles. The van der Waals surface area contributed by atoms with E-state index in [9.17, 15) is 9.59 Å². The second-order valence-electron chi connectivity index (χ2n) is 8.21. The first-order chi connectivity index (χ1) is 16.6. The van der Waals surface area contributed by atoms with Gasteiger partial charge in [0, 0.05) is 19.5 Å². The van der Waals surface area contributed by atoms with Crippen LogP contribution in [0.15, 0.2) is 90.3 Å². The Balaban J connectivity index is 1.22. The van der Waals surface area contributed by atoms with Crippen LogP contribution in [0.2, 0.25) is 0 Å². The number of imidazole rings is 1. The highest BCUT2D eigenvalue weighted by Gasteiger charge is 2.34. The fourth-order valence-corrected chi connectivity index (χ4v) is 4.07. The molecule has 0 spiro atoms. The number of aromatic nitrogens is 2. The zero-order valence-corrected chi connectivity index (χ0v) is 18.5. The molecule has 8 heteroatoms. The molecule has 3 N–H and O–H groups in total. The molecular formula is C26H24N6O2. The van der Waals surface area contributed by atoms with Gasteiger partial charge < -0.3 is 15.6 Å². The number of carbonyl (C=O) groups is 2. The number of hydrogen-bond donors (Lipinski definition) is 2. The van der Waals surface area contributed by atoms with E-state index in [4.69, 9.17) is 5.73 Å². The van der Waals surface area contributed by atoms with E-state index in [1.807, 2.05) is 79.1 Å². The van der Waals surface area contributed by atoms with Gasteiger partial charge in [-0.25, -0.2) is 4.98 Å². The van der Waals surface area contributed by atoms with E-state index in [1.54, 1.807) is 0 Å². The summed E-state index contributed by atoms with van der Waals surface area (Å²) in [6.45, 7) is 1.08. The fraction of sp³-hybridized carbons (Fsp3) is 0.154. The number of amides is 2. The molecular weight excluding hydrogens is 428 g/mol. The molecule has 0 saturated heterocycles. The molecule has 0 fully saturated rings. The van der Waals surface area contributed by atoms with Gasteiger partial charge in [-0.05, 0) is 35.4 Å². The number of rotatable bonds is 7. The average Bonchev–Trinajstić information content (AvgIpc) is 3.49. The molecule has 2 amide bonds. The summed E-state index contributed by atoms with van der Waals surface area (Å²) in [6.07, 6.45) is 2.02. The lowest BCUT2D eigenvalue weighted by Gasteiger charge is -2.20. The van der Waals surface area contributed by atoms with E-state index in [-0.39, 0.29) is 18.0 Å². The van der Waals surface area contributed by atoms with Crippen LogP contribution in [0.3, 0.4) is 0 Å². The summed E-state index contributed by atoms with van der Waals surface area (Å²) in [5, 5.41) is 8.80. The summed E-state index contributed by atoms with van der Waals surface area (Å²) in [5.41, 5.74) is 10.7. The Bertz CT molecular complexity index is 1360. The van der Waals surface area contributed by atoms with Crippen molar-refractivity contribution in [2.75, 3.05) is 5.01 Å². The van der Waals surface area contributed by atoms with E-state index >= 15 is 0 Å². The summed E-state index contributed by atoms with van der Waals surface area (Å²) in [6, 6.07) is 24.7. The van der Waals surface area contributed by atoms with Crippen LogP contribution in [0, 0.1) is 0 Å². The molecule has 0 bridgehead atoms. The highest BCUT2D eigenvalue weighted by atomic mass is 16.2. The first kappa shape index (κ1) is 21.4. The van der Waals surface area contributed by atoms with Gasteiger partial charge in [0.15, 0.2) is 0 Å². The number of para-hydroxylation sites is 3. The first-order valence-electron chi connectivity index (χ1n) is 11.1. The SMILES string of the molecule is NC(=O)C1CC(C(=O)NCc2ccc(Cn3cnc4ccccc43)cc2)=NN1c1ccccc1. The van der Waals surface area contributed by atoms with Crippen LogP contribution >= 0.6 is 0 Å². The number of benzene rings is 3. The van der Waals surface area contributed by atoms with Gasteiger partial charge in [0.2, 0.25) is 5.91 Å². The van der Waals surface area contributed by atoms with Crippen LogP contribution < -0.4 is 16.1 Å². The molecule has 0 radical (unpaired) electrons. The third-order valence-corrected chi connectivity index (χ3v) is 5.88. The van der Waals surface area contributed by atoms with Crippen molar-refractivity contribution in [1.29, 1.82) is 0 Å². The summed E-state index contributed by atoms with van der Waals surface area (Å²) in [5.74, 6) is -0.824. The molecule has 1 unspecified atom stereocenters. The maximum absolute atomic E-state index is 12.7. The highest BCUT2D eigenvalue weighted by molar-refractivity contribution is 6.40. The number of fused-ring (bicyclic) bond motifs is 1. The molecule has 1 atom stereocenters. The normalized spacial score (nSPS) is 15.4. The maximum Gasteiger partial charge on any atom is 0.267 e. The highest BCUT2D eigenvalue weighted by Crippen LogP contribution is 2.24. The number of primary amides is 1. The number of hydrogen-bond acceptors (Lipinski definition) is 5. The third kappa shape index (κ3) is 4.38. The van der Waals surface area contributed by atoms with Gasteiger partial charge in [-0.1, -0.05) is 54.6 Å². The van der Waals surface area contributed by atoms with Gasteiger partial charge in [-0.15, -0.1) is 0 Å². The van der Waals surface area contributed by atoms with E-state index in [0.717, 1.165) is 27.8 Å². The summed E-state index contributed by atoms with van der Waals surface area (Å²) < 4.78 is 2.11. The Morgan fingerprint density at radius 3 is 2.41 bits per heavy atom. The number of nitrogens with two attached hydrogens (primary N) is 1. The van der Waals surface area contributed by atoms with Crippen molar-refractivity contribution < 1.29 is 9.59 Å². The van der Waals surface area contributed by atoms with Gasteiger partial charge in [0.05, 0.1) is 23.0 Å². The summed E-state index contributed by atoms with van der Waals surface area (Å²) >= 11 is 0. The molecule has 5 rings (SSSR count).